The van der Waals surface area contributed by atoms with Crippen molar-refractivity contribution in [2.75, 3.05) is 20.1 Å². The first-order valence-electron chi connectivity index (χ1n) is 9.16. The summed E-state index contributed by atoms with van der Waals surface area (Å²) in [5, 5.41) is 16.8. The summed E-state index contributed by atoms with van der Waals surface area (Å²) in [6.45, 7) is 7.63. The molecule has 1 aromatic rings. The Balaban J connectivity index is 0. The topological polar surface area (TPSA) is 103 Å². The molecule has 1 aliphatic heterocycles. The molecular weight excluding hydrogens is 406 g/mol. The van der Waals surface area contributed by atoms with E-state index in [2.05, 4.69) is 10.3 Å². The minimum absolute atomic E-state index is 0. The number of alkyl halides is 2. The molecule has 3 N–H and O–H groups in total. The molecule has 1 aromatic heterocycles. The van der Waals surface area contributed by atoms with Crippen LogP contribution in [0.15, 0.2) is 12.3 Å². The zero-order valence-corrected chi connectivity index (χ0v) is 18.2. The first kappa shape index (κ1) is 29.6. The molecule has 1 fully saturated rings. The van der Waals surface area contributed by atoms with E-state index in [0.717, 1.165) is 0 Å². The molecule has 29 heavy (non-hydrogen) atoms. The molecular formula is C18H30BClF2N3O4. The summed E-state index contributed by atoms with van der Waals surface area (Å²) < 4.78 is 24.8. The summed E-state index contributed by atoms with van der Waals surface area (Å²) in [7, 11) is 1.73. The second-order valence-corrected chi connectivity index (χ2v) is 6.17. The van der Waals surface area contributed by atoms with Gasteiger partial charge >= 0.3 is 7.69 Å². The molecule has 0 aromatic carbocycles. The van der Waals surface area contributed by atoms with Crippen molar-refractivity contribution in [3.63, 3.8) is 0 Å². The Labute approximate surface area is 176 Å². The Kier molecular flexibility index (Phi) is 16.5. The van der Waals surface area contributed by atoms with E-state index >= 15 is 0 Å². The number of aldehydes is 1. The Morgan fingerprint density at radius 3 is 2.38 bits per heavy atom. The van der Waals surface area contributed by atoms with Crippen LogP contribution in [-0.2, 0) is 11.2 Å². The maximum absolute atomic E-state index is 12.4. The maximum atomic E-state index is 12.4. The lowest BCUT2D eigenvalue weighted by atomic mass is 10.2. The van der Waals surface area contributed by atoms with Gasteiger partial charge < -0.3 is 20.2 Å². The highest BCUT2D eigenvalue weighted by Crippen LogP contribution is 2.30. The Bertz CT molecular complexity index is 600. The van der Waals surface area contributed by atoms with E-state index < -0.39 is 5.92 Å². The number of halogens is 3. The lowest BCUT2D eigenvalue weighted by Crippen LogP contribution is -2.25. The van der Waals surface area contributed by atoms with Crippen molar-refractivity contribution in [3.8, 4) is 0 Å². The summed E-state index contributed by atoms with van der Waals surface area (Å²) in [4.78, 5) is 27.3. The second kappa shape index (κ2) is 16.2. The standard InChI is InChI=1S/C10H11ClN2O2.C6H11F2N.C2H6.BH2O2/c1-2-8-9(11)7(3-4-12-8)10(15)13-5-6-14;1-5-3-6(7,8)4-9(5)2;1-2;2-1-3/h3-4,6H,2,5H2,1H3,(H,13,15);5H,3-4H2,1-2H3;1-2H3;2-3H/t;5-;;/m.1../s1. The van der Waals surface area contributed by atoms with Crippen molar-refractivity contribution < 1.29 is 28.4 Å². The largest absolute Gasteiger partial charge is 0.482 e. The Morgan fingerprint density at radius 2 is 2.03 bits per heavy atom. The molecule has 0 unspecified atom stereocenters. The van der Waals surface area contributed by atoms with Crippen LogP contribution in [0.5, 0.6) is 0 Å². The van der Waals surface area contributed by atoms with Crippen molar-refractivity contribution >= 4 is 31.5 Å². The van der Waals surface area contributed by atoms with Crippen molar-refractivity contribution in [2.24, 2.45) is 0 Å². The highest BCUT2D eigenvalue weighted by molar-refractivity contribution is 6.34. The highest BCUT2D eigenvalue weighted by atomic mass is 35.5. The van der Waals surface area contributed by atoms with Crippen LogP contribution in [0.2, 0.25) is 5.02 Å². The van der Waals surface area contributed by atoms with Crippen LogP contribution >= 0.6 is 11.6 Å². The number of rotatable bonds is 4. The number of pyridine rings is 1. The van der Waals surface area contributed by atoms with Crippen LogP contribution in [0.25, 0.3) is 0 Å². The van der Waals surface area contributed by atoms with Crippen molar-refractivity contribution in [3.05, 3.63) is 28.5 Å². The highest BCUT2D eigenvalue weighted by Gasteiger charge is 2.40. The van der Waals surface area contributed by atoms with Crippen LogP contribution in [0.3, 0.4) is 0 Å². The van der Waals surface area contributed by atoms with Gasteiger partial charge in [0.15, 0.2) is 0 Å². The minimum Gasteiger partial charge on any atom is -0.429 e. The molecule has 1 radical (unpaired) electrons. The van der Waals surface area contributed by atoms with Gasteiger partial charge in [-0.1, -0.05) is 32.4 Å². The molecule has 1 aliphatic rings. The third-order valence-corrected chi connectivity index (χ3v) is 4.14. The summed E-state index contributed by atoms with van der Waals surface area (Å²) in [6, 6.07) is 1.57. The van der Waals surface area contributed by atoms with Gasteiger partial charge in [0.25, 0.3) is 11.8 Å². The van der Waals surface area contributed by atoms with E-state index in [4.69, 9.17) is 21.6 Å². The SMILES string of the molecule is CC.CCc1nccc(C(=O)NCC=O)c1Cl.C[C@@H]1CC(F)(F)CN1C.O[B]O. The summed E-state index contributed by atoms with van der Waals surface area (Å²) >= 11 is 5.97. The number of likely N-dealkylation sites (tertiary alicyclic amines) is 1. The molecule has 0 aliphatic carbocycles. The molecule has 1 amide bonds. The maximum Gasteiger partial charge on any atom is 0.482 e. The van der Waals surface area contributed by atoms with E-state index in [1.54, 1.807) is 11.9 Å². The molecule has 1 atom stereocenters. The molecule has 0 saturated carbocycles. The molecule has 2 rings (SSSR count). The molecule has 7 nitrogen and oxygen atoms in total. The van der Waals surface area contributed by atoms with E-state index in [-0.39, 0.29) is 39.1 Å². The molecule has 0 spiro atoms. The Hall–Kier alpha value is -1.62. The molecule has 11 heteroatoms. The lowest BCUT2D eigenvalue weighted by Gasteiger charge is -2.11. The first-order valence-corrected chi connectivity index (χ1v) is 9.54. The van der Waals surface area contributed by atoms with Gasteiger partial charge in [-0.3, -0.25) is 14.7 Å². The number of amides is 1. The number of nitrogens with one attached hydrogen (secondary N) is 1. The monoisotopic (exact) mass is 436 g/mol. The lowest BCUT2D eigenvalue weighted by molar-refractivity contribution is -0.107. The molecule has 1 saturated heterocycles. The Morgan fingerprint density at radius 1 is 1.48 bits per heavy atom. The van der Waals surface area contributed by atoms with Crippen LogP contribution in [0.4, 0.5) is 8.78 Å². The number of hydrogen-bond acceptors (Lipinski definition) is 6. The van der Waals surface area contributed by atoms with Gasteiger partial charge in [-0.25, -0.2) is 8.78 Å². The van der Waals surface area contributed by atoms with Crippen molar-refractivity contribution in [1.82, 2.24) is 15.2 Å². The predicted molar refractivity (Wildman–Crippen MR) is 110 cm³/mol. The quantitative estimate of drug-likeness (QED) is 0.493. The summed E-state index contributed by atoms with van der Waals surface area (Å²) in [5.41, 5.74) is 1.03. The van der Waals surface area contributed by atoms with Crippen LogP contribution in [0, 0.1) is 0 Å². The number of carbonyl (C=O) groups is 2. The zero-order valence-electron chi connectivity index (χ0n) is 17.5. The van der Waals surface area contributed by atoms with Gasteiger partial charge in [-0.05, 0) is 26.5 Å². The fourth-order valence-corrected chi connectivity index (χ4v) is 2.64. The van der Waals surface area contributed by atoms with Crippen molar-refractivity contribution in [2.45, 2.75) is 52.5 Å². The zero-order chi connectivity index (χ0) is 23.0. The number of aromatic nitrogens is 1. The van der Waals surface area contributed by atoms with Gasteiger partial charge in [-0.2, -0.15) is 0 Å². The van der Waals surface area contributed by atoms with Gasteiger partial charge in [-0.15, -0.1) is 0 Å². The van der Waals surface area contributed by atoms with E-state index in [9.17, 15) is 18.4 Å². The average molecular weight is 437 g/mol. The first-order chi connectivity index (χ1) is 13.6. The van der Waals surface area contributed by atoms with Gasteiger partial charge in [0.2, 0.25) is 0 Å². The summed E-state index contributed by atoms with van der Waals surface area (Å²) in [5.74, 6) is -2.79. The van der Waals surface area contributed by atoms with Crippen LogP contribution in [0.1, 0.15) is 50.2 Å². The third kappa shape index (κ3) is 11.9. The molecule has 2 heterocycles. The average Bonchev–Trinajstić information content (AvgIpc) is 2.92. The smallest absolute Gasteiger partial charge is 0.429 e. The van der Waals surface area contributed by atoms with Crippen molar-refractivity contribution in [1.29, 1.82) is 0 Å². The predicted octanol–water partition coefficient (Wildman–Crippen LogP) is 2.10. The summed E-state index contributed by atoms with van der Waals surface area (Å²) in [6.07, 6.45) is 2.82. The van der Waals surface area contributed by atoms with E-state index in [1.165, 1.54) is 12.3 Å². The van der Waals surface area contributed by atoms with E-state index in [1.807, 2.05) is 27.7 Å². The molecule has 165 valence electrons. The number of carbonyl (C=O) groups excluding carboxylic acids is 2. The van der Waals surface area contributed by atoms with Crippen LogP contribution in [-0.4, -0.2) is 71.9 Å². The van der Waals surface area contributed by atoms with Gasteiger partial charge in [0.05, 0.1) is 29.4 Å². The normalized spacial score (nSPS) is 16.7. The molecule has 0 bridgehead atoms. The fourth-order valence-electron chi connectivity index (χ4n) is 2.31. The van der Waals surface area contributed by atoms with Gasteiger partial charge in [0.1, 0.15) is 6.29 Å². The number of hydrogen-bond donors (Lipinski definition) is 3. The minimum atomic E-state index is -2.44. The number of aryl methyl sites for hydroxylation is 1. The fraction of sp³-hybridized carbons (Fsp3) is 0.611. The van der Waals surface area contributed by atoms with E-state index in [0.29, 0.717) is 29.0 Å². The number of nitrogens with zero attached hydrogens (tertiary/aromatic N) is 2. The second-order valence-electron chi connectivity index (χ2n) is 5.79. The third-order valence-electron chi connectivity index (χ3n) is 3.71. The van der Waals surface area contributed by atoms with Crippen LogP contribution < -0.4 is 5.32 Å². The van der Waals surface area contributed by atoms with Gasteiger partial charge in [0, 0.05) is 18.7 Å².